The summed E-state index contributed by atoms with van der Waals surface area (Å²) in [4.78, 5) is 15.8. The molecule has 1 amide bonds. The van der Waals surface area contributed by atoms with E-state index in [1.54, 1.807) is 6.07 Å². The fourth-order valence-corrected chi connectivity index (χ4v) is 7.13. The number of phenolic OH excluding ortho intramolecular Hbond substituents is 1. The molecule has 0 radical (unpaired) electrons. The number of phenols is 1. The average molecular weight is 447 g/mol. The smallest absolute Gasteiger partial charge is 0.223 e. The number of nitrogens with one attached hydrogen (secondary N) is 1. The summed E-state index contributed by atoms with van der Waals surface area (Å²) in [5.41, 5.74) is 2.14. The van der Waals surface area contributed by atoms with Crippen LogP contribution in [0.2, 0.25) is 0 Å². The zero-order valence-electron chi connectivity index (χ0n) is 19.2. The first-order valence-electron chi connectivity index (χ1n) is 12.6. The van der Waals surface area contributed by atoms with Crippen molar-refractivity contribution in [3.63, 3.8) is 0 Å². The summed E-state index contributed by atoms with van der Waals surface area (Å²) in [6.07, 6.45) is 6.20. The van der Waals surface area contributed by atoms with E-state index in [-0.39, 0.29) is 23.6 Å². The predicted molar refractivity (Wildman–Crippen MR) is 127 cm³/mol. The number of hydrogen-bond acceptors (Lipinski definition) is 4. The number of benzene rings is 2. The van der Waals surface area contributed by atoms with Crippen molar-refractivity contribution in [1.82, 2.24) is 10.2 Å². The highest BCUT2D eigenvalue weighted by Gasteiger charge is 2.68. The number of nitrogens with zero attached hydrogens (tertiary/aromatic N) is 1. The van der Waals surface area contributed by atoms with Gasteiger partial charge in [0.05, 0.1) is 5.60 Å². The van der Waals surface area contributed by atoms with Crippen molar-refractivity contribution < 1.29 is 15.0 Å². The molecule has 174 valence electrons. The van der Waals surface area contributed by atoms with E-state index in [0.29, 0.717) is 19.4 Å². The van der Waals surface area contributed by atoms with Gasteiger partial charge in [0.25, 0.3) is 0 Å². The third kappa shape index (κ3) is 3.48. The first kappa shape index (κ1) is 21.2. The Hall–Kier alpha value is -2.37. The lowest BCUT2D eigenvalue weighted by atomic mass is 9.56. The molecule has 2 bridgehead atoms. The van der Waals surface area contributed by atoms with Crippen molar-refractivity contribution in [2.24, 2.45) is 11.8 Å². The first-order chi connectivity index (χ1) is 16.0. The summed E-state index contributed by atoms with van der Waals surface area (Å²) in [7, 11) is 0. The third-order valence-electron chi connectivity index (χ3n) is 8.94. The minimum absolute atomic E-state index is 0.0472. The summed E-state index contributed by atoms with van der Waals surface area (Å²) in [5.74, 6) is 0.868. The molecule has 4 atom stereocenters. The van der Waals surface area contributed by atoms with Gasteiger partial charge in [-0.3, -0.25) is 9.69 Å². The molecule has 33 heavy (non-hydrogen) atoms. The quantitative estimate of drug-likeness (QED) is 0.637. The molecule has 2 aromatic carbocycles. The van der Waals surface area contributed by atoms with Crippen LogP contribution in [0.3, 0.4) is 0 Å². The number of amides is 1. The Labute approximate surface area is 195 Å². The van der Waals surface area contributed by atoms with Crippen molar-refractivity contribution >= 4 is 5.91 Å². The largest absolute Gasteiger partial charge is 0.508 e. The van der Waals surface area contributed by atoms with Gasteiger partial charge in [-0.1, -0.05) is 36.4 Å². The van der Waals surface area contributed by atoms with Crippen LogP contribution in [0, 0.1) is 11.8 Å². The van der Waals surface area contributed by atoms with Crippen molar-refractivity contribution in [3.8, 4) is 5.75 Å². The van der Waals surface area contributed by atoms with Gasteiger partial charge in [0.2, 0.25) is 5.91 Å². The normalized spacial score (nSPS) is 32.8. The molecule has 6 rings (SSSR count). The minimum Gasteiger partial charge on any atom is -0.508 e. The van der Waals surface area contributed by atoms with Crippen LogP contribution >= 0.6 is 0 Å². The van der Waals surface area contributed by atoms with E-state index in [1.807, 2.05) is 30.3 Å². The van der Waals surface area contributed by atoms with E-state index in [9.17, 15) is 15.0 Å². The van der Waals surface area contributed by atoms with Gasteiger partial charge in [-0.05, 0) is 86.2 Å². The fraction of sp³-hybridized carbons (Fsp3) is 0.536. The number of carbonyl (C=O) groups excluding carboxylic acids is 1. The topological polar surface area (TPSA) is 72.8 Å². The Morgan fingerprint density at radius 1 is 1.12 bits per heavy atom. The van der Waals surface area contributed by atoms with Gasteiger partial charge in [-0.25, -0.2) is 0 Å². The molecule has 2 saturated carbocycles. The lowest BCUT2D eigenvalue weighted by molar-refractivity contribution is -0.134. The number of carbonyl (C=O) groups is 1. The fourth-order valence-electron chi connectivity index (χ4n) is 7.13. The Morgan fingerprint density at radius 2 is 1.94 bits per heavy atom. The lowest BCUT2D eigenvalue weighted by Crippen LogP contribution is -2.69. The van der Waals surface area contributed by atoms with Crippen LogP contribution in [0.1, 0.15) is 48.8 Å². The minimum atomic E-state index is -0.928. The zero-order chi connectivity index (χ0) is 22.6. The number of hydrogen-bond donors (Lipinski definition) is 3. The number of fused-ring (bicyclic) bond motifs is 1. The van der Waals surface area contributed by atoms with Crippen LogP contribution in [-0.4, -0.2) is 52.3 Å². The van der Waals surface area contributed by atoms with E-state index < -0.39 is 11.0 Å². The van der Waals surface area contributed by atoms with E-state index >= 15 is 0 Å². The second-order valence-corrected chi connectivity index (χ2v) is 10.9. The standard InChI is InChI=1S/C28H34N2O3/c31-23-9-8-21-14-25-28(33)17-22(26(32)29-12-10-19-4-2-1-3-5-19)16-27(28,24(21)15-23)11-13-30(25)18-20-6-7-20/h1-5,8-9,15,20,22,25,31,33H,6-7,10-14,16-18H2,(H,29,32)/t22-,25-,27-,28-/m1/s1. The molecule has 3 N–H and O–H groups in total. The van der Waals surface area contributed by atoms with Crippen molar-refractivity contribution in [2.75, 3.05) is 19.6 Å². The Balaban J connectivity index is 1.26. The van der Waals surface area contributed by atoms with E-state index in [2.05, 4.69) is 22.3 Å². The molecule has 1 heterocycles. The van der Waals surface area contributed by atoms with E-state index in [4.69, 9.17) is 0 Å². The second-order valence-electron chi connectivity index (χ2n) is 10.9. The van der Waals surface area contributed by atoms with Gasteiger partial charge in [0, 0.05) is 30.5 Å². The molecule has 3 fully saturated rings. The monoisotopic (exact) mass is 446 g/mol. The molecular weight excluding hydrogens is 412 g/mol. The molecule has 5 heteroatoms. The van der Waals surface area contributed by atoms with Crippen LogP contribution in [0.25, 0.3) is 0 Å². The molecule has 0 spiro atoms. The SMILES string of the molecule is O=C(NCCc1ccccc1)[C@@H]1C[C@]23CCN(CC4CC4)[C@H](Cc4ccc(O)cc42)[C@]3(O)C1. The second kappa shape index (κ2) is 7.85. The van der Waals surface area contributed by atoms with Crippen LogP contribution in [-0.2, 0) is 23.1 Å². The summed E-state index contributed by atoms with van der Waals surface area (Å²) in [6.45, 7) is 2.63. The van der Waals surface area contributed by atoms with Crippen LogP contribution in [0.4, 0.5) is 0 Å². The van der Waals surface area contributed by atoms with E-state index in [1.165, 1.54) is 24.0 Å². The van der Waals surface area contributed by atoms with Crippen LogP contribution in [0.5, 0.6) is 5.75 Å². The molecule has 1 aliphatic heterocycles. The summed E-state index contributed by atoms with van der Waals surface area (Å²) in [6, 6.07) is 15.9. The number of piperidine rings is 1. The Bertz CT molecular complexity index is 1050. The number of aromatic hydroxyl groups is 1. The molecular formula is C28H34N2O3. The van der Waals surface area contributed by atoms with Gasteiger partial charge in [0.1, 0.15) is 5.75 Å². The Morgan fingerprint density at radius 3 is 2.73 bits per heavy atom. The van der Waals surface area contributed by atoms with Crippen LogP contribution < -0.4 is 5.32 Å². The van der Waals surface area contributed by atoms with Crippen molar-refractivity contribution in [2.45, 2.75) is 62.0 Å². The van der Waals surface area contributed by atoms with Gasteiger partial charge < -0.3 is 15.5 Å². The summed E-state index contributed by atoms with van der Waals surface area (Å²) in [5, 5.41) is 25.8. The molecule has 0 aromatic heterocycles. The van der Waals surface area contributed by atoms with Crippen LogP contribution in [0.15, 0.2) is 48.5 Å². The van der Waals surface area contributed by atoms with Gasteiger partial charge >= 0.3 is 0 Å². The molecule has 1 saturated heterocycles. The predicted octanol–water partition coefficient (Wildman–Crippen LogP) is 3.17. The highest BCUT2D eigenvalue weighted by atomic mass is 16.3. The highest BCUT2D eigenvalue weighted by Crippen LogP contribution is 2.62. The average Bonchev–Trinajstić information content (AvgIpc) is 3.56. The van der Waals surface area contributed by atoms with Gasteiger partial charge in [0.15, 0.2) is 0 Å². The molecule has 2 aromatic rings. The van der Waals surface area contributed by atoms with Gasteiger partial charge in [-0.2, -0.15) is 0 Å². The van der Waals surface area contributed by atoms with Gasteiger partial charge in [-0.15, -0.1) is 0 Å². The maximum atomic E-state index is 13.3. The molecule has 5 nitrogen and oxygen atoms in total. The zero-order valence-corrected chi connectivity index (χ0v) is 19.2. The number of aliphatic hydroxyl groups is 1. The first-order valence-corrected chi connectivity index (χ1v) is 12.6. The maximum absolute atomic E-state index is 13.3. The Kier molecular flexibility index (Phi) is 5.04. The number of rotatable bonds is 6. The molecule has 0 unspecified atom stereocenters. The lowest BCUT2D eigenvalue weighted by Gasteiger charge is -2.59. The molecule has 4 aliphatic rings. The third-order valence-corrected chi connectivity index (χ3v) is 8.94. The van der Waals surface area contributed by atoms with E-state index in [0.717, 1.165) is 43.8 Å². The number of likely N-dealkylation sites (tertiary alicyclic amines) is 1. The summed E-state index contributed by atoms with van der Waals surface area (Å²) >= 11 is 0. The maximum Gasteiger partial charge on any atom is 0.223 e. The van der Waals surface area contributed by atoms with Crippen molar-refractivity contribution in [1.29, 1.82) is 0 Å². The van der Waals surface area contributed by atoms with Crippen molar-refractivity contribution in [3.05, 3.63) is 65.2 Å². The molecule has 3 aliphatic carbocycles. The summed E-state index contributed by atoms with van der Waals surface area (Å²) < 4.78 is 0. The highest BCUT2D eigenvalue weighted by molar-refractivity contribution is 5.80.